The van der Waals surface area contributed by atoms with Gasteiger partial charge in [-0.3, -0.25) is 9.59 Å². The lowest BCUT2D eigenvalue weighted by molar-refractivity contribution is 0.0728. The number of hydrogen-bond acceptors (Lipinski definition) is 4. The molecule has 4 nitrogen and oxygen atoms in total. The molecule has 28 heavy (non-hydrogen) atoms. The average Bonchev–Trinajstić information content (AvgIpc) is 2.94. The van der Waals surface area contributed by atoms with Crippen molar-refractivity contribution in [3.8, 4) is 0 Å². The molecule has 1 aliphatic rings. The minimum absolute atomic E-state index is 0.0975. The molecule has 1 aromatic heterocycles. The van der Waals surface area contributed by atoms with Crippen LogP contribution in [0.3, 0.4) is 0 Å². The average molecular weight is 394 g/mol. The van der Waals surface area contributed by atoms with Gasteiger partial charge in [0.15, 0.2) is 5.43 Å². The molecule has 0 aliphatic carbocycles. The summed E-state index contributed by atoms with van der Waals surface area (Å²) in [5, 5.41) is 0.571. The van der Waals surface area contributed by atoms with E-state index in [2.05, 4.69) is 0 Å². The molecular weight excluding hydrogens is 370 g/mol. The second-order valence-electron chi connectivity index (χ2n) is 7.30. The van der Waals surface area contributed by atoms with Gasteiger partial charge in [-0.15, -0.1) is 11.8 Å². The Morgan fingerprint density at radius 2 is 1.82 bits per heavy atom. The van der Waals surface area contributed by atoms with Crippen LogP contribution in [-0.4, -0.2) is 23.6 Å². The number of rotatable bonds is 4. The predicted molar refractivity (Wildman–Crippen MR) is 113 cm³/mol. The third-order valence-electron chi connectivity index (χ3n) is 5.31. The molecule has 4 rings (SSSR count). The molecule has 144 valence electrons. The summed E-state index contributed by atoms with van der Waals surface area (Å²) in [5.74, 6) is -0.0103. The van der Waals surface area contributed by atoms with E-state index in [0.29, 0.717) is 23.1 Å². The molecule has 2 aromatic carbocycles. The van der Waals surface area contributed by atoms with Gasteiger partial charge in [-0.25, -0.2) is 0 Å². The lowest BCUT2D eigenvalue weighted by atomic mass is 9.97. The zero-order valence-electron chi connectivity index (χ0n) is 16.5. The van der Waals surface area contributed by atoms with Gasteiger partial charge in [0.2, 0.25) is 5.76 Å². The van der Waals surface area contributed by atoms with Crippen molar-refractivity contribution in [1.82, 2.24) is 4.90 Å². The van der Waals surface area contributed by atoms with Gasteiger partial charge in [0.25, 0.3) is 5.91 Å². The Morgan fingerprint density at radius 3 is 2.46 bits per heavy atom. The highest BCUT2D eigenvalue weighted by Crippen LogP contribution is 2.39. The molecule has 5 heteroatoms. The molecule has 0 fully saturated rings. The molecule has 0 N–H and O–H groups in total. The Kier molecular flexibility index (Phi) is 4.79. The van der Waals surface area contributed by atoms with Crippen molar-refractivity contribution in [3.63, 3.8) is 0 Å². The number of carbonyl (C=O) groups excluding carboxylic acids is 1. The number of carbonyl (C=O) groups is 1. The normalized spacial score (nSPS) is 16.1. The minimum Gasteiger partial charge on any atom is -0.450 e. The Bertz CT molecular complexity index is 1130. The van der Waals surface area contributed by atoms with E-state index in [0.717, 1.165) is 28.0 Å². The quantitative estimate of drug-likeness (QED) is 0.580. The molecule has 0 radical (unpaired) electrons. The molecule has 1 amide bonds. The third kappa shape index (κ3) is 2.85. The number of nitrogens with zero attached hydrogens (tertiary/aromatic N) is 1. The monoisotopic (exact) mass is 393 g/mol. The molecule has 0 saturated carbocycles. The molecule has 1 atom stereocenters. The number of hydrogen-bond donors (Lipinski definition) is 0. The molecular formula is C23H23NO3S. The summed E-state index contributed by atoms with van der Waals surface area (Å²) in [4.78, 5) is 29.6. The summed E-state index contributed by atoms with van der Waals surface area (Å²) < 4.78 is 6.04. The number of thioether (sulfide) groups is 1. The van der Waals surface area contributed by atoms with Gasteiger partial charge in [-0.05, 0) is 61.4 Å². The van der Waals surface area contributed by atoms with Crippen LogP contribution in [0.25, 0.3) is 11.0 Å². The molecule has 0 saturated heterocycles. The largest absolute Gasteiger partial charge is 0.450 e. The molecule has 2 heterocycles. The Balaban J connectivity index is 2.00. The van der Waals surface area contributed by atoms with Crippen molar-refractivity contribution < 1.29 is 9.21 Å². The summed E-state index contributed by atoms with van der Waals surface area (Å²) in [6.45, 7) is 6.48. The first kappa shape index (κ1) is 18.8. The Hall–Kier alpha value is -2.53. The number of amides is 1. The van der Waals surface area contributed by atoms with Gasteiger partial charge >= 0.3 is 0 Å². The second kappa shape index (κ2) is 7.13. The molecule has 3 aromatic rings. The maximum Gasteiger partial charge on any atom is 0.290 e. The number of fused-ring (bicyclic) bond motifs is 2. The van der Waals surface area contributed by atoms with Gasteiger partial charge in [-0.2, -0.15) is 0 Å². The number of aryl methyl sites for hydroxylation is 2. The lowest BCUT2D eigenvalue weighted by Gasteiger charge is -2.24. The van der Waals surface area contributed by atoms with E-state index in [-0.39, 0.29) is 17.1 Å². The SMILES string of the molecule is CCCN1C(=O)c2oc3cc(C)cc(C)c3c(=O)c2[C@H]1c1ccc(SC)cc1. The fourth-order valence-corrected chi connectivity index (χ4v) is 4.53. The van der Waals surface area contributed by atoms with E-state index in [1.54, 1.807) is 16.7 Å². The van der Waals surface area contributed by atoms with Crippen LogP contribution in [0, 0.1) is 13.8 Å². The molecule has 0 bridgehead atoms. The fraction of sp³-hybridized carbons (Fsp3) is 0.304. The van der Waals surface area contributed by atoms with Crippen molar-refractivity contribution >= 4 is 28.6 Å². The van der Waals surface area contributed by atoms with Crippen LogP contribution in [0.15, 0.2) is 50.5 Å². The minimum atomic E-state index is -0.403. The summed E-state index contributed by atoms with van der Waals surface area (Å²) in [7, 11) is 0. The highest BCUT2D eigenvalue weighted by atomic mass is 32.2. The van der Waals surface area contributed by atoms with Crippen LogP contribution in [0.1, 0.15) is 52.2 Å². The zero-order chi connectivity index (χ0) is 20.0. The van der Waals surface area contributed by atoms with E-state index in [1.807, 2.05) is 63.4 Å². The van der Waals surface area contributed by atoms with Gasteiger partial charge in [0.1, 0.15) is 5.58 Å². The first-order valence-electron chi connectivity index (χ1n) is 9.49. The second-order valence-corrected chi connectivity index (χ2v) is 8.18. The van der Waals surface area contributed by atoms with E-state index in [9.17, 15) is 9.59 Å². The maximum absolute atomic E-state index is 13.5. The highest BCUT2D eigenvalue weighted by Gasteiger charge is 2.42. The molecule has 0 unspecified atom stereocenters. The third-order valence-corrected chi connectivity index (χ3v) is 6.05. The summed E-state index contributed by atoms with van der Waals surface area (Å²) in [5.41, 5.74) is 3.69. The maximum atomic E-state index is 13.5. The summed E-state index contributed by atoms with van der Waals surface area (Å²) in [6, 6.07) is 11.5. The first-order chi connectivity index (χ1) is 13.5. The van der Waals surface area contributed by atoms with Crippen molar-refractivity contribution in [2.75, 3.05) is 12.8 Å². The highest BCUT2D eigenvalue weighted by molar-refractivity contribution is 7.98. The zero-order valence-corrected chi connectivity index (χ0v) is 17.4. The van der Waals surface area contributed by atoms with Crippen molar-refractivity contribution in [1.29, 1.82) is 0 Å². The Labute approximate surface area is 168 Å². The van der Waals surface area contributed by atoms with Crippen LogP contribution >= 0.6 is 11.8 Å². The van der Waals surface area contributed by atoms with Crippen LogP contribution in [0.4, 0.5) is 0 Å². The van der Waals surface area contributed by atoms with Gasteiger partial charge in [0.05, 0.1) is 17.0 Å². The van der Waals surface area contributed by atoms with Crippen LogP contribution in [0.5, 0.6) is 0 Å². The van der Waals surface area contributed by atoms with Gasteiger partial charge < -0.3 is 9.32 Å². The van der Waals surface area contributed by atoms with Crippen molar-refractivity contribution in [2.24, 2.45) is 0 Å². The van der Waals surface area contributed by atoms with E-state index in [1.165, 1.54) is 0 Å². The standard InChI is InChI=1S/C23H23NO3S/c1-5-10-24-20(15-6-8-16(28-4)9-7-15)19-21(25)18-14(3)11-13(2)12-17(18)27-22(19)23(24)26/h6-9,11-12,20H,5,10H2,1-4H3/t20-/m1/s1. The Morgan fingerprint density at radius 1 is 1.11 bits per heavy atom. The van der Waals surface area contributed by atoms with E-state index in [4.69, 9.17) is 4.42 Å². The van der Waals surface area contributed by atoms with Crippen molar-refractivity contribution in [2.45, 2.75) is 38.1 Å². The first-order valence-corrected chi connectivity index (χ1v) is 10.7. The number of benzene rings is 2. The van der Waals surface area contributed by atoms with Gasteiger partial charge in [-0.1, -0.05) is 25.1 Å². The fourth-order valence-electron chi connectivity index (χ4n) is 4.12. The van der Waals surface area contributed by atoms with Crippen molar-refractivity contribution in [3.05, 3.63) is 74.6 Å². The topological polar surface area (TPSA) is 50.5 Å². The lowest BCUT2D eigenvalue weighted by Crippen LogP contribution is -2.30. The molecule has 1 aliphatic heterocycles. The molecule has 0 spiro atoms. The predicted octanol–water partition coefficient (Wildman–Crippen LogP) is 5.09. The summed E-state index contributed by atoms with van der Waals surface area (Å²) in [6.07, 6.45) is 2.84. The van der Waals surface area contributed by atoms with E-state index >= 15 is 0 Å². The van der Waals surface area contributed by atoms with Crippen LogP contribution in [0.2, 0.25) is 0 Å². The van der Waals surface area contributed by atoms with Crippen LogP contribution < -0.4 is 5.43 Å². The smallest absolute Gasteiger partial charge is 0.290 e. The van der Waals surface area contributed by atoms with E-state index < -0.39 is 6.04 Å². The van der Waals surface area contributed by atoms with Crippen LogP contribution in [-0.2, 0) is 0 Å². The van der Waals surface area contributed by atoms with Gasteiger partial charge in [0, 0.05) is 11.4 Å². The summed E-state index contributed by atoms with van der Waals surface area (Å²) >= 11 is 1.66.